The maximum atomic E-state index is 4.15. The van der Waals surface area contributed by atoms with Gasteiger partial charge in [-0.3, -0.25) is 4.99 Å². The van der Waals surface area contributed by atoms with Gasteiger partial charge < -0.3 is 5.32 Å². The fourth-order valence-corrected chi connectivity index (χ4v) is 1.18. The Bertz CT molecular complexity index is 370. The zero-order chi connectivity index (χ0) is 12.3. The van der Waals surface area contributed by atoms with E-state index in [0.29, 0.717) is 11.9 Å². The monoisotopic (exact) mass is 230 g/mol. The molecule has 0 bridgehead atoms. The molecule has 1 N–H and O–H groups in total. The third-order valence-electron chi connectivity index (χ3n) is 2.10. The van der Waals surface area contributed by atoms with Gasteiger partial charge >= 0.3 is 0 Å². The summed E-state index contributed by atoms with van der Waals surface area (Å²) in [6.07, 6.45) is 11.6. The number of hydrogen-bond acceptors (Lipinski definition) is 4. The standard InChI is InChI=1S/C13H18N4/c1-3-4-7-14-11-12(2)6-10-17-13-15-8-5-9-16-13/h3-5,7-9,11-12H,1,6,10H2,2H3,(H,15,16,17)/b7-4-,14-11?. The lowest BCUT2D eigenvalue weighted by molar-refractivity contribution is 0.719. The predicted octanol–water partition coefficient (Wildman–Crippen LogP) is 2.69. The number of rotatable bonds is 7. The molecule has 4 heteroatoms. The molecule has 17 heavy (non-hydrogen) atoms. The molecule has 1 heterocycles. The van der Waals surface area contributed by atoms with Crippen LogP contribution in [0.25, 0.3) is 0 Å². The molecule has 0 aromatic carbocycles. The van der Waals surface area contributed by atoms with E-state index in [4.69, 9.17) is 0 Å². The molecule has 1 atom stereocenters. The molecular formula is C13H18N4. The molecule has 0 amide bonds. The minimum Gasteiger partial charge on any atom is -0.354 e. The van der Waals surface area contributed by atoms with Crippen molar-refractivity contribution in [3.63, 3.8) is 0 Å². The van der Waals surface area contributed by atoms with Crippen molar-refractivity contribution in [1.29, 1.82) is 0 Å². The number of hydrogen-bond donors (Lipinski definition) is 1. The molecular weight excluding hydrogens is 212 g/mol. The van der Waals surface area contributed by atoms with Crippen molar-refractivity contribution >= 4 is 12.2 Å². The summed E-state index contributed by atoms with van der Waals surface area (Å²) in [6.45, 7) is 6.54. The zero-order valence-corrected chi connectivity index (χ0v) is 10.1. The summed E-state index contributed by atoms with van der Waals surface area (Å²) in [7, 11) is 0. The van der Waals surface area contributed by atoms with Gasteiger partial charge in [-0.15, -0.1) is 0 Å². The smallest absolute Gasteiger partial charge is 0.222 e. The SMILES string of the molecule is C=C/C=C\N=CC(C)CCNc1ncccn1. The molecule has 1 aromatic rings. The van der Waals surface area contributed by atoms with Gasteiger partial charge in [-0.05, 0) is 24.5 Å². The Morgan fingerprint density at radius 2 is 2.24 bits per heavy atom. The first kappa shape index (κ1) is 13.1. The Balaban J connectivity index is 2.20. The van der Waals surface area contributed by atoms with Crippen molar-refractivity contribution in [1.82, 2.24) is 9.97 Å². The molecule has 0 aliphatic rings. The van der Waals surface area contributed by atoms with E-state index in [1.165, 1.54) is 0 Å². The fourth-order valence-electron chi connectivity index (χ4n) is 1.18. The number of nitrogens with zero attached hydrogens (tertiary/aromatic N) is 3. The van der Waals surface area contributed by atoms with E-state index in [-0.39, 0.29) is 0 Å². The number of allylic oxidation sites excluding steroid dienone is 2. The average molecular weight is 230 g/mol. The molecule has 1 unspecified atom stereocenters. The summed E-state index contributed by atoms with van der Waals surface area (Å²) in [6, 6.07) is 1.80. The van der Waals surface area contributed by atoms with Gasteiger partial charge in [0.15, 0.2) is 0 Å². The topological polar surface area (TPSA) is 50.2 Å². The highest BCUT2D eigenvalue weighted by molar-refractivity contribution is 5.61. The van der Waals surface area contributed by atoms with Crippen molar-refractivity contribution in [3.8, 4) is 0 Å². The van der Waals surface area contributed by atoms with E-state index < -0.39 is 0 Å². The van der Waals surface area contributed by atoms with Crippen molar-refractivity contribution in [2.24, 2.45) is 10.9 Å². The van der Waals surface area contributed by atoms with Crippen LogP contribution in [0.15, 0.2) is 48.4 Å². The maximum Gasteiger partial charge on any atom is 0.222 e. The molecule has 1 aromatic heterocycles. The summed E-state index contributed by atoms with van der Waals surface area (Å²) in [5, 5.41) is 3.16. The molecule has 0 saturated carbocycles. The Labute approximate surface area is 102 Å². The summed E-state index contributed by atoms with van der Waals surface area (Å²) in [4.78, 5) is 12.3. The molecule has 0 radical (unpaired) electrons. The van der Waals surface area contributed by atoms with E-state index in [1.54, 1.807) is 36.8 Å². The lowest BCUT2D eigenvalue weighted by Crippen LogP contribution is -2.09. The number of aromatic nitrogens is 2. The van der Waals surface area contributed by atoms with Gasteiger partial charge in [0, 0.05) is 31.4 Å². The molecule has 1 rings (SSSR count). The molecule has 4 nitrogen and oxygen atoms in total. The number of nitrogens with one attached hydrogen (secondary N) is 1. The van der Waals surface area contributed by atoms with Crippen LogP contribution < -0.4 is 5.32 Å². The summed E-state index contributed by atoms with van der Waals surface area (Å²) in [5.74, 6) is 1.09. The van der Waals surface area contributed by atoms with Gasteiger partial charge in [0.1, 0.15) is 0 Å². The molecule has 0 spiro atoms. The van der Waals surface area contributed by atoms with Crippen molar-refractivity contribution < 1.29 is 0 Å². The Kier molecular flexibility index (Phi) is 6.33. The zero-order valence-electron chi connectivity index (χ0n) is 10.1. The molecule has 0 fully saturated rings. The van der Waals surface area contributed by atoms with Crippen molar-refractivity contribution in [2.45, 2.75) is 13.3 Å². The predicted molar refractivity (Wildman–Crippen MR) is 72.1 cm³/mol. The first-order valence-corrected chi connectivity index (χ1v) is 5.64. The highest BCUT2D eigenvalue weighted by Gasteiger charge is 1.98. The first-order chi connectivity index (χ1) is 8.33. The molecule has 90 valence electrons. The highest BCUT2D eigenvalue weighted by atomic mass is 15.1. The molecule has 0 saturated heterocycles. The van der Waals surface area contributed by atoms with Gasteiger partial charge in [0.25, 0.3) is 0 Å². The lowest BCUT2D eigenvalue weighted by atomic mass is 10.1. The summed E-state index contributed by atoms with van der Waals surface area (Å²) in [5.41, 5.74) is 0. The van der Waals surface area contributed by atoms with Crippen LogP contribution in [0.2, 0.25) is 0 Å². The van der Waals surface area contributed by atoms with Crippen LogP contribution in [0.3, 0.4) is 0 Å². The van der Waals surface area contributed by atoms with Crippen LogP contribution in [0.5, 0.6) is 0 Å². The second-order valence-electron chi connectivity index (χ2n) is 3.64. The van der Waals surface area contributed by atoms with E-state index >= 15 is 0 Å². The number of anilines is 1. The van der Waals surface area contributed by atoms with Crippen LogP contribution in [-0.2, 0) is 0 Å². The third-order valence-corrected chi connectivity index (χ3v) is 2.10. The largest absolute Gasteiger partial charge is 0.354 e. The summed E-state index contributed by atoms with van der Waals surface area (Å²) >= 11 is 0. The Hall–Kier alpha value is -1.97. The van der Waals surface area contributed by atoms with Crippen LogP contribution in [0.1, 0.15) is 13.3 Å². The maximum absolute atomic E-state index is 4.15. The van der Waals surface area contributed by atoms with Crippen LogP contribution in [0.4, 0.5) is 5.95 Å². The van der Waals surface area contributed by atoms with E-state index in [1.807, 2.05) is 6.21 Å². The van der Waals surface area contributed by atoms with Gasteiger partial charge in [0.05, 0.1) is 0 Å². The third kappa shape index (κ3) is 6.25. The minimum absolute atomic E-state index is 0.417. The van der Waals surface area contributed by atoms with E-state index in [2.05, 4.69) is 33.8 Å². The molecule has 0 aliphatic heterocycles. The minimum atomic E-state index is 0.417. The van der Waals surface area contributed by atoms with Gasteiger partial charge in [0.2, 0.25) is 5.95 Å². The van der Waals surface area contributed by atoms with E-state index in [9.17, 15) is 0 Å². The second-order valence-corrected chi connectivity index (χ2v) is 3.64. The van der Waals surface area contributed by atoms with Crippen LogP contribution in [0, 0.1) is 5.92 Å². The fraction of sp³-hybridized carbons (Fsp3) is 0.308. The molecule has 0 aliphatic carbocycles. The van der Waals surface area contributed by atoms with Crippen molar-refractivity contribution in [3.05, 3.63) is 43.4 Å². The van der Waals surface area contributed by atoms with Crippen LogP contribution in [-0.4, -0.2) is 22.7 Å². The van der Waals surface area contributed by atoms with Gasteiger partial charge in [-0.1, -0.05) is 19.6 Å². The Morgan fingerprint density at radius 3 is 2.94 bits per heavy atom. The second kappa shape index (κ2) is 8.21. The average Bonchev–Trinajstić information content (AvgIpc) is 2.36. The van der Waals surface area contributed by atoms with Crippen LogP contribution >= 0.6 is 0 Å². The quantitative estimate of drug-likeness (QED) is 0.578. The first-order valence-electron chi connectivity index (χ1n) is 5.64. The van der Waals surface area contributed by atoms with Gasteiger partial charge in [-0.2, -0.15) is 0 Å². The highest BCUT2D eigenvalue weighted by Crippen LogP contribution is 2.00. The normalized spacial score (nSPS) is 13.0. The van der Waals surface area contributed by atoms with E-state index in [0.717, 1.165) is 13.0 Å². The Morgan fingerprint density at radius 1 is 1.47 bits per heavy atom. The summed E-state index contributed by atoms with van der Waals surface area (Å²) < 4.78 is 0. The lowest BCUT2D eigenvalue weighted by Gasteiger charge is -2.06. The number of aliphatic imine (C=N–C) groups is 1. The van der Waals surface area contributed by atoms with Gasteiger partial charge in [-0.25, -0.2) is 9.97 Å². The van der Waals surface area contributed by atoms with Crippen molar-refractivity contribution in [2.75, 3.05) is 11.9 Å².